The monoisotopic (exact) mass is 473 g/mol. The second-order valence-electron chi connectivity index (χ2n) is 5.33. The van der Waals surface area contributed by atoms with Gasteiger partial charge in [-0.3, -0.25) is 15.4 Å². The number of hydrogen-bond acceptors (Lipinski definition) is 3. The van der Waals surface area contributed by atoms with Crippen molar-refractivity contribution >= 4 is 49.6 Å². The lowest BCUT2D eigenvalue weighted by Gasteiger charge is -2.08. The molecule has 0 fully saturated rings. The van der Waals surface area contributed by atoms with E-state index in [2.05, 4.69) is 47.5 Å². The molecule has 7 heteroatoms. The van der Waals surface area contributed by atoms with Gasteiger partial charge in [0.2, 0.25) is 0 Å². The minimum Gasteiger partial charge on any atom is -0.292 e. The molecule has 0 unspecified atom stereocenters. The van der Waals surface area contributed by atoms with E-state index >= 15 is 0 Å². The van der Waals surface area contributed by atoms with Crippen molar-refractivity contribution < 1.29 is 9.59 Å². The number of aromatic nitrogens is 1. The Morgan fingerprint density at radius 1 is 0.846 bits per heavy atom. The fourth-order valence-corrected chi connectivity index (χ4v) is 2.97. The summed E-state index contributed by atoms with van der Waals surface area (Å²) in [6.07, 6.45) is 1.66. The second kappa shape index (κ2) is 8.25. The third-order valence-corrected chi connectivity index (χ3v) is 4.75. The van der Waals surface area contributed by atoms with Gasteiger partial charge in [-0.05, 0) is 57.9 Å². The fraction of sp³-hybridized carbons (Fsp3) is 0. The van der Waals surface area contributed by atoms with E-state index in [-0.39, 0.29) is 0 Å². The first-order valence-electron chi connectivity index (χ1n) is 7.62. The van der Waals surface area contributed by atoms with Crippen LogP contribution >= 0.6 is 31.9 Å². The maximum Gasteiger partial charge on any atom is 0.327 e. The van der Waals surface area contributed by atoms with E-state index in [4.69, 9.17) is 0 Å². The van der Waals surface area contributed by atoms with Crippen LogP contribution in [0.4, 0.5) is 10.6 Å². The van der Waals surface area contributed by atoms with Crippen molar-refractivity contribution in [3.05, 3.63) is 81.4 Å². The van der Waals surface area contributed by atoms with Crippen molar-refractivity contribution in [2.45, 2.75) is 0 Å². The number of halogens is 2. The molecule has 0 radical (unpaired) electrons. The number of pyridine rings is 1. The molecule has 1 aromatic heterocycles. The van der Waals surface area contributed by atoms with Crippen LogP contribution in [0.1, 0.15) is 10.4 Å². The van der Waals surface area contributed by atoms with Gasteiger partial charge in [0.15, 0.2) is 0 Å². The Hall–Kier alpha value is -2.51. The lowest BCUT2D eigenvalue weighted by Crippen LogP contribution is -2.34. The van der Waals surface area contributed by atoms with Gasteiger partial charge in [0.1, 0.15) is 5.82 Å². The molecule has 0 saturated carbocycles. The molecule has 0 aliphatic carbocycles. The second-order valence-corrected chi connectivity index (χ2v) is 7.10. The molecule has 0 aliphatic rings. The van der Waals surface area contributed by atoms with Crippen molar-refractivity contribution in [3.63, 3.8) is 0 Å². The topological polar surface area (TPSA) is 71.1 Å². The molecule has 26 heavy (non-hydrogen) atoms. The molecule has 0 aliphatic heterocycles. The molecule has 0 atom stereocenters. The van der Waals surface area contributed by atoms with Crippen LogP contribution in [-0.4, -0.2) is 16.9 Å². The summed E-state index contributed by atoms with van der Waals surface area (Å²) in [5.41, 5.74) is 2.31. The van der Waals surface area contributed by atoms with E-state index in [0.717, 1.165) is 15.6 Å². The largest absolute Gasteiger partial charge is 0.327 e. The molecule has 3 aromatic rings. The number of amides is 3. The maximum absolute atomic E-state index is 12.1. The number of hydrogen-bond donors (Lipinski definition) is 2. The van der Waals surface area contributed by atoms with Crippen LogP contribution in [0.5, 0.6) is 0 Å². The van der Waals surface area contributed by atoms with Crippen molar-refractivity contribution in [1.29, 1.82) is 0 Å². The predicted molar refractivity (Wildman–Crippen MR) is 108 cm³/mol. The third kappa shape index (κ3) is 4.56. The summed E-state index contributed by atoms with van der Waals surface area (Å²) in [5.74, 6) is -0.148. The van der Waals surface area contributed by atoms with Crippen molar-refractivity contribution in [2.24, 2.45) is 0 Å². The number of imide groups is 1. The maximum atomic E-state index is 12.1. The number of carbonyl (C=O) groups is 2. The average molecular weight is 475 g/mol. The summed E-state index contributed by atoms with van der Waals surface area (Å²) in [5, 5.41) is 4.82. The normalized spacial score (nSPS) is 10.2. The number of nitrogens with zero attached hydrogens (tertiary/aromatic N) is 1. The lowest BCUT2D eigenvalue weighted by molar-refractivity contribution is 0.0966. The number of benzene rings is 2. The standard InChI is InChI=1S/C19H13Br2N3O2/c20-14-8-5-12(6-9-14)13-7-10-17(22-11-13)23-19(26)24-18(25)15-3-1-2-4-16(15)21/h1-11H,(H2,22,23,24,25,26). The van der Waals surface area contributed by atoms with Crippen LogP contribution in [0, 0.1) is 0 Å². The van der Waals surface area contributed by atoms with Crippen molar-refractivity contribution in [3.8, 4) is 11.1 Å². The number of nitrogens with one attached hydrogen (secondary N) is 2. The Morgan fingerprint density at radius 2 is 1.54 bits per heavy atom. The van der Waals surface area contributed by atoms with Gasteiger partial charge in [0.25, 0.3) is 5.91 Å². The van der Waals surface area contributed by atoms with Crippen LogP contribution in [0.25, 0.3) is 11.1 Å². The van der Waals surface area contributed by atoms with Gasteiger partial charge in [0, 0.05) is 20.7 Å². The minimum absolute atomic E-state index is 0.350. The molecule has 1 heterocycles. The molecule has 0 bridgehead atoms. The summed E-state index contributed by atoms with van der Waals surface area (Å²) in [6.45, 7) is 0. The molecule has 2 aromatic carbocycles. The average Bonchev–Trinajstić information content (AvgIpc) is 2.63. The Morgan fingerprint density at radius 3 is 2.19 bits per heavy atom. The minimum atomic E-state index is -0.644. The summed E-state index contributed by atoms with van der Waals surface area (Å²) in [7, 11) is 0. The highest BCUT2D eigenvalue weighted by Gasteiger charge is 2.13. The molecule has 0 saturated heterocycles. The van der Waals surface area contributed by atoms with Gasteiger partial charge in [-0.2, -0.15) is 0 Å². The van der Waals surface area contributed by atoms with E-state index in [9.17, 15) is 9.59 Å². The quantitative estimate of drug-likeness (QED) is 0.545. The first kappa shape index (κ1) is 18.3. The Labute approximate surface area is 167 Å². The number of rotatable bonds is 3. The highest BCUT2D eigenvalue weighted by molar-refractivity contribution is 9.10. The number of urea groups is 1. The van der Waals surface area contributed by atoms with Crippen LogP contribution in [-0.2, 0) is 0 Å². The molecular formula is C19H13Br2N3O2. The van der Waals surface area contributed by atoms with Crippen LogP contribution in [0.15, 0.2) is 75.8 Å². The van der Waals surface area contributed by atoms with E-state index in [0.29, 0.717) is 15.9 Å². The van der Waals surface area contributed by atoms with Gasteiger partial charge < -0.3 is 0 Å². The van der Waals surface area contributed by atoms with E-state index < -0.39 is 11.9 Å². The third-order valence-electron chi connectivity index (χ3n) is 3.53. The summed E-state index contributed by atoms with van der Waals surface area (Å²) in [6, 6.07) is 17.6. The van der Waals surface area contributed by atoms with E-state index in [1.807, 2.05) is 30.3 Å². The SMILES string of the molecule is O=C(NC(=O)c1ccccc1Br)Nc1ccc(-c2ccc(Br)cc2)cn1. The summed E-state index contributed by atoms with van der Waals surface area (Å²) < 4.78 is 1.61. The molecule has 3 amide bonds. The lowest BCUT2D eigenvalue weighted by atomic mass is 10.1. The zero-order valence-electron chi connectivity index (χ0n) is 13.4. The van der Waals surface area contributed by atoms with E-state index in [1.165, 1.54) is 0 Å². The summed E-state index contributed by atoms with van der Waals surface area (Å²) in [4.78, 5) is 28.3. The van der Waals surface area contributed by atoms with Gasteiger partial charge in [-0.15, -0.1) is 0 Å². The Balaban J connectivity index is 1.63. The van der Waals surface area contributed by atoms with Gasteiger partial charge >= 0.3 is 6.03 Å². The molecule has 130 valence electrons. The Bertz CT molecular complexity index is 942. The van der Waals surface area contributed by atoms with Crippen LogP contribution in [0.2, 0.25) is 0 Å². The van der Waals surface area contributed by atoms with Crippen LogP contribution < -0.4 is 10.6 Å². The molecule has 2 N–H and O–H groups in total. The molecular weight excluding hydrogens is 462 g/mol. The number of anilines is 1. The van der Waals surface area contributed by atoms with E-state index in [1.54, 1.807) is 36.5 Å². The predicted octanol–water partition coefficient (Wildman–Crippen LogP) is 5.24. The highest BCUT2D eigenvalue weighted by atomic mass is 79.9. The summed E-state index contributed by atoms with van der Waals surface area (Å²) >= 11 is 6.68. The van der Waals surface area contributed by atoms with Gasteiger partial charge in [-0.25, -0.2) is 9.78 Å². The Kier molecular flexibility index (Phi) is 5.80. The van der Waals surface area contributed by atoms with Gasteiger partial charge in [0.05, 0.1) is 5.56 Å². The fourth-order valence-electron chi connectivity index (χ4n) is 2.24. The van der Waals surface area contributed by atoms with Crippen molar-refractivity contribution in [2.75, 3.05) is 5.32 Å². The zero-order chi connectivity index (χ0) is 18.5. The molecule has 3 rings (SSSR count). The van der Waals surface area contributed by atoms with Gasteiger partial charge in [-0.1, -0.05) is 40.2 Å². The molecule has 0 spiro atoms. The smallest absolute Gasteiger partial charge is 0.292 e. The van der Waals surface area contributed by atoms with Crippen molar-refractivity contribution in [1.82, 2.24) is 10.3 Å². The zero-order valence-corrected chi connectivity index (χ0v) is 16.5. The molecule has 5 nitrogen and oxygen atoms in total. The first-order chi connectivity index (χ1) is 12.5. The number of carbonyl (C=O) groups excluding carboxylic acids is 2. The first-order valence-corrected chi connectivity index (χ1v) is 9.20. The highest BCUT2D eigenvalue weighted by Crippen LogP contribution is 2.22. The van der Waals surface area contributed by atoms with Crippen LogP contribution in [0.3, 0.4) is 0 Å².